The third kappa shape index (κ3) is 2.67. The van der Waals surface area contributed by atoms with Gasteiger partial charge in [-0.15, -0.1) is 0 Å². The Bertz CT molecular complexity index is 487. The second-order valence-corrected chi connectivity index (χ2v) is 4.82. The van der Waals surface area contributed by atoms with Crippen molar-refractivity contribution in [3.63, 3.8) is 0 Å². The summed E-state index contributed by atoms with van der Waals surface area (Å²) in [4.78, 5) is 29.3. The zero-order chi connectivity index (χ0) is 13.2. The fourth-order valence-electron chi connectivity index (χ4n) is 2.03. The molecule has 2 fully saturated rings. The Morgan fingerprint density at radius 3 is 3.00 bits per heavy atom. The van der Waals surface area contributed by atoms with E-state index in [0.29, 0.717) is 6.54 Å². The molecule has 1 aromatic heterocycles. The zero-order valence-electron chi connectivity index (χ0n) is 10.4. The fourth-order valence-corrected chi connectivity index (χ4v) is 2.03. The number of ether oxygens (including phenoxy) is 1. The summed E-state index contributed by atoms with van der Waals surface area (Å²) in [5.74, 6) is -0.135. The molecular formula is C13H15N3O3. The molecule has 6 nitrogen and oxygen atoms in total. The zero-order valence-corrected chi connectivity index (χ0v) is 10.4. The van der Waals surface area contributed by atoms with Crippen molar-refractivity contribution in [2.45, 2.75) is 31.5 Å². The highest BCUT2D eigenvalue weighted by molar-refractivity contribution is 5.88. The van der Waals surface area contributed by atoms with Crippen LogP contribution in [0.15, 0.2) is 24.4 Å². The SMILES string of the molecule is O=C(NC1CC1)[C@@H]1COC(=O)N1Cc1ccccn1. The summed E-state index contributed by atoms with van der Waals surface area (Å²) in [7, 11) is 0. The van der Waals surface area contributed by atoms with Gasteiger partial charge in [0.15, 0.2) is 0 Å². The molecule has 1 aliphatic heterocycles. The van der Waals surface area contributed by atoms with E-state index >= 15 is 0 Å². The van der Waals surface area contributed by atoms with Crippen LogP contribution >= 0.6 is 0 Å². The molecule has 19 heavy (non-hydrogen) atoms. The van der Waals surface area contributed by atoms with Crippen LogP contribution in [0.3, 0.4) is 0 Å². The van der Waals surface area contributed by atoms with E-state index in [9.17, 15) is 9.59 Å². The summed E-state index contributed by atoms with van der Waals surface area (Å²) >= 11 is 0. The van der Waals surface area contributed by atoms with Gasteiger partial charge in [0, 0.05) is 12.2 Å². The molecule has 0 bridgehead atoms. The van der Waals surface area contributed by atoms with Gasteiger partial charge in [-0.1, -0.05) is 6.07 Å². The number of amides is 2. The van der Waals surface area contributed by atoms with E-state index in [0.717, 1.165) is 18.5 Å². The number of pyridine rings is 1. The van der Waals surface area contributed by atoms with E-state index in [2.05, 4.69) is 10.3 Å². The van der Waals surface area contributed by atoms with Gasteiger partial charge in [-0.3, -0.25) is 14.7 Å². The van der Waals surface area contributed by atoms with Gasteiger partial charge in [0.1, 0.15) is 12.6 Å². The third-order valence-electron chi connectivity index (χ3n) is 3.26. The first-order chi connectivity index (χ1) is 9.24. The van der Waals surface area contributed by atoms with Crippen LogP contribution < -0.4 is 5.32 Å². The molecule has 1 saturated heterocycles. The first-order valence-electron chi connectivity index (χ1n) is 6.38. The minimum absolute atomic E-state index is 0.115. The lowest BCUT2D eigenvalue weighted by Gasteiger charge is -2.20. The van der Waals surface area contributed by atoms with Crippen LogP contribution in [-0.4, -0.2) is 40.6 Å². The minimum atomic E-state index is -0.546. The van der Waals surface area contributed by atoms with E-state index in [-0.39, 0.29) is 18.6 Å². The van der Waals surface area contributed by atoms with Crippen LogP contribution in [0.5, 0.6) is 0 Å². The van der Waals surface area contributed by atoms with Crippen molar-refractivity contribution in [2.75, 3.05) is 6.61 Å². The van der Waals surface area contributed by atoms with Crippen molar-refractivity contribution < 1.29 is 14.3 Å². The van der Waals surface area contributed by atoms with Crippen molar-refractivity contribution in [2.24, 2.45) is 0 Å². The Morgan fingerprint density at radius 2 is 2.32 bits per heavy atom. The van der Waals surface area contributed by atoms with Gasteiger partial charge in [0.2, 0.25) is 5.91 Å². The van der Waals surface area contributed by atoms with Crippen LogP contribution in [0.1, 0.15) is 18.5 Å². The second-order valence-electron chi connectivity index (χ2n) is 4.82. The molecule has 0 aromatic carbocycles. The average molecular weight is 261 g/mol. The second kappa shape index (κ2) is 4.87. The summed E-state index contributed by atoms with van der Waals surface area (Å²) in [5.41, 5.74) is 0.741. The van der Waals surface area contributed by atoms with Crippen LogP contribution in [0.4, 0.5) is 4.79 Å². The topological polar surface area (TPSA) is 71.5 Å². The predicted molar refractivity (Wildman–Crippen MR) is 66.1 cm³/mol. The molecule has 3 rings (SSSR count). The van der Waals surface area contributed by atoms with Gasteiger partial charge < -0.3 is 10.1 Å². The monoisotopic (exact) mass is 261 g/mol. The summed E-state index contributed by atoms with van der Waals surface area (Å²) < 4.78 is 4.97. The van der Waals surface area contributed by atoms with E-state index < -0.39 is 12.1 Å². The number of hydrogen-bond acceptors (Lipinski definition) is 4. The Balaban J connectivity index is 1.69. The molecule has 2 heterocycles. The summed E-state index contributed by atoms with van der Waals surface area (Å²) in [5, 5.41) is 2.90. The van der Waals surface area contributed by atoms with Gasteiger partial charge in [-0.25, -0.2) is 4.79 Å². The number of rotatable bonds is 4. The molecule has 1 saturated carbocycles. The fraction of sp³-hybridized carbons (Fsp3) is 0.462. The maximum absolute atomic E-state index is 12.0. The van der Waals surface area contributed by atoms with E-state index in [1.165, 1.54) is 4.90 Å². The first kappa shape index (κ1) is 12.0. The Kier molecular flexibility index (Phi) is 3.06. The van der Waals surface area contributed by atoms with Gasteiger partial charge in [-0.2, -0.15) is 0 Å². The molecule has 0 radical (unpaired) electrons. The maximum Gasteiger partial charge on any atom is 0.411 e. The van der Waals surface area contributed by atoms with E-state index in [4.69, 9.17) is 4.74 Å². The normalized spacial score (nSPS) is 22.2. The molecule has 1 N–H and O–H groups in total. The number of carbonyl (C=O) groups is 2. The van der Waals surface area contributed by atoms with Gasteiger partial charge in [0.05, 0.1) is 12.2 Å². The Labute approximate surface area is 110 Å². The molecule has 1 aliphatic carbocycles. The summed E-state index contributed by atoms with van der Waals surface area (Å²) in [6.07, 6.45) is 3.25. The van der Waals surface area contributed by atoms with Crippen molar-refractivity contribution in [3.8, 4) is 0 Å². The standard InChI is InChI=1S/C13H15N3O3/c17-12(15-9-4-5-9)11-8-19-13(18)16(11)7-10-3-1-2-6-14-10/h1-3,6,9,11H,4-5,7-8H2,(H,15,17)/t11-/m0/s1. The number of cyclic esters (lactones) is 1. The molecule has 2 aliphatic rings. The van der Waals surface area contributed by atoms with Crippen LogP contribution in [-0.2, 0) is 16.1 Å². The largest absolute Gasteiger partial charge is 0.447 e. The lowest BCUT2D eigenvalue weighted by Crippen LogP contribution is -2.46. The van der Waals surface area contributed by atoms with E-state index in [1.807, 2.05) is 18.2 Å². The third-order valence-corrected chi connectivity index (χ3v) is 3.26. The lowest BCUT2D eigenvalue weighted by atomic mass is 10.2. The van der Waals surface area contributed by atoms with Crippen LogP contribution in [0.25, 0.3) is 0 Å². The molecule has 0 unspecified atom stereocenters. The van der Waals surface area contributed by atoms with Crippen molar-refractivity contribution >= 4 is 12.0 Å². The first-order valence-corrected chi connectivity index (χ1v) is 6.38. The highest BCUT2D eigenvalue weighted by Gasteiger charge is 2.39. The van der Waals surface area contributed by atoms with Crippen LogP contribution in [0, 0.1) is 0 Å². The summed E-state index contributed by atoms with van der Waals surface area (Å²) in [6, 6.07) is 5.21. The van der Waals surface area contributed by atoms with Crippen molar-refractivity contribution in [1.82, 2.24) is 15.2 Å². The minimum Gasteiger partial charge on any atom is -0.447 e. The highest BCUT2D eigenvalue weighted by Crippen LogP contribution is 2.21. The predicted octanol–water partition coefficient (Wildman–Crippen LogP) is 0.681. The van der Waals surface area contributed by atoms with Crippen LogP contribution in [0.2, 0.25) is 0 Å². The number of nitrogens with zero attached hydrogens (tertiary/aromatic N) is 2. The Morgan fingerprint density at radius 1 is 1.47 bits per heavy atom. The molecular weight excluding hydrogens is 246 g/mol. The molecule has 1 atom stereocenters. The number of aromatic nitrogens is 1. The van der Waals surface area contributed by atoms with E-state index in [1.54, 1.807) is 6.20 Å². The average Bonchev–Trinajstić information content (AvgIpc) is 3.15. The quantitative estimate of drug-likeness (QED) is 0.865. The van der Waals surface area contributed by atoms with Gasteiger partial charge in [0.25, 0.3) is 0 Å². The number of hydrogen-bond donors (Lipinski definition) is 1. The summed E-state index contributed by atoms with van der Waals surface area (Å²) in [6.45, 7) is 0.409. The molecule has 2 amide bonds. The number of carbonyl (C=O) groups excluding carboxylic acids is 2. The maximum atomic E-state index is 12.0. The van der Waals surface area contributed by atoms with Gasteiger partial charge in [-0.05, 0) is 25.0 Å². The smallest absolute Gasteiger partial charge is 0.411 e. The highest BCUT2D eigenvalue weighted by atomic mass is 16.6. The Hall–Kier alpha value is -2.11. The molecule has 0 spiro atoms. The molecule has 100 valence electrons. The van der Waals surface area contributed by atoms with Crippen molar-refractivity contribution in [1.29, 1.82) is 0 Å². The molecule has 6 heteroatoms. The van der Waals surface area contributed by atoms with Gasteiger partial charge >= 0.3 is 6.09 Å². The number of nitrogens with one attached hydrogen (secondary N) is 1. The molecule has 1 aromatic rings. The van der Waals surface area contributed by atoms with Crippen molar-refractivity contribution in [3.05, 3.63) is 30.1 Å². The lowest BCUT2D eigenvalue weighted by molar-refractivity contribution is -0.125.